The molecule has 1 aliphatic rings. The minimum absolute atomic E-state index is 0.133. The van der Waals surface area contributed by atoms with Gasteiger partial charge >= 0.3 is 6.03 Å². The van der Waals surface area contributed by atoms with Gasteiger partial charge in [0.25, 0.3) is 5.91 Å². The molecule has 4 amide bonds. The van der Waals surface area contributed by atoms with Crippen LogP contribution < -0.4 is 19.7 Å². The van der Waals surface area contributed by atoms with Crippen LogP contribution >= 0.6 is 0 Å². The van der Waals surface area contributed by atoms with E-state index in [0.29, 0.717) is 30.3 Å². The average molecular weight is 454 g/mol. The van der Waals surface area contributed by atoms with Gasteiger partial charge < -0.3 is 19.7 Å². The first-order chi connectivity index (χ1) is 15.8. The molecule has 1 N–H and O–H groups in total. The molecular weight excluding hydrogens is 422 g/mol. The zero-order chi connectivity index (χ0) is 24.0. The quantitative estimate of drug-likeness (QED) is 0.542. The minimum Gasteiger partial charge on any atom is -0.497 e. The fraction of sp³-hybridized carbons (Fsp3) is 0.400. The summed E-state index contributed by atoms with van der Waals surface area (Å²) in [4.78, 5) is 41.8. The summed E-state index contributed by atoms with van der Waals surface area (Å²) < 4.78 is 10.8. The fourth-order valence-electron chi connectivity index (χ4n) is 3.66. The summed E-state index contributed by atoms with van der Waals surface area (Å²) in [6.45, 7) is 6.95. The number of nitrogens with zero attached hydrogens (tertiary/aromatic N) is 2. The van der Waals surface area contributed by atoms with Crippen molar-refractivity contribution in [1.29, 1.82) is 0 Å². The van der Waals surface area contributed by atoms with Crippen LogP contribution in [0, 0.1) is 5.92 Å². The van der Waals surface area contributed by atoms with Gasteiger partial charge in [-0.05, 0) is 48.7 Å². The zero-order valence-electron chi connectivity index (χ0n) is 19.5. The standard InChI is InChI=1S/C25H31N3O5/c1-5-13-33-20-11-9-18(10-12-20)26-23(29)15-22-24(30)28(25(31)27(22)16-17(2)3)19-7-6-8-21(14-19)32-4/h6-12,14,17,22H,5,13,15-16H2,1-4H3,(H,26,29)/t22-/m1/s1. The molecule has 0 spiro atoms. The third-order valence-corrected chi connectivity index (χ3v) is 5.18. The van der Waals surface area contributed by atoms with Gasteiger partial charge in [0.15, 0.2) is 0 Å². The van der Waals surface area contributed by atoms with Crippen LogP contribution in [-0.2, 0) is 9.59 Å². The Morgan fingerprint density at radius 1 is 1.09 bits per heavy atom. The van der Waals surface area contributed by atoms with Crippen LogP contribution in [0.3, 0.4) is 0 Å². The van der Waals surface area contributed by atoms with Crippen LogP contribution in [0.15, 0.2) is 48.5 Å². The molecule has 0 radical (unpaired) electrons. The van der Waals surface area contributed by atoms with E-state index >= 15 is 0 Å². The van der Waals surface area contributed by atoms with Crippen LogP contribution in [0.1, 0.15) is 33.6 Å². The number of amides is 4. The molecular formula is C25H31N3O5. The van der Waals surface area contributed by atoms with Crippen molar-refractivity contribution in [2.75, 3.05) is 30.5 Å². The number of methoxy groups -OCH3 is 1. The third-order valence-electron chi connectivity index (χ3n) is 5.18. The summed E-state index contributed by atoms with van der Waals surface area (Å²) in [6.07, 6.45) is 0.776. The Balaban J connectivity index is 1.75. The van der Waals surface area contributed by atoms with Crippen molar-refractivity contribution in [3.8, 4) is 11.5 Å². The van der Waals surface area contributed by atoms with E-state index in [1.54, 1.807) is 48.5 Å². The highest BCUT2D eigenvalue weighted by Gasteiger charge is 2.46. The topological polar surface area (TPSA) is 88.2 Å². The molecule has 1 aliphatic heterocycles. The number of hydrogen-bond acceptors (Lipinski definition) is 5. The lowest BCUT2D eigenvalue weighted by atomic mass is 10.1. The second-order valence-electron chi connectivity index (χ2n) is 8.34. The number of benzene rings is 2. The second kappa shape index (κ2) is 10.8. The maximum atomic E-state index is 13.3. The lowest BCUT2D eigenvalue weighted by Gasteiger charge is -2.23. The number of carbonyl (C=O) groups excluding carboxylic acids is 3. The molecule has 8 heteroatoms. The SMILES string of the molecule is CCCOc1ccc(NC(=O)C[C@@H]2C(=O)N(c3cccc(OC)c3)C(=O)N2CC(C)C)cc1. The van der Waals surface area contributed by atoms with Crippen molar-refractivity contribution in [2.45, 2.75) is 39.7 Å². The maximum Gasteiger partial charge on any atom is 0.332 e. The molecule has 0 aromatic heterocycles. The Hall–Kier alpha value is -3.55. The van der Waals surface area contributed by atoms with E-state index in [1.165, 1.54) is 12.0 Å². The molecule has 0 unspecified atom stereocenters. The zero-order valence-corrected chi connectivity index (χ0v) is 19.5. The van der Waals surface area contributed by atoms with Gasteiger partial charge in [0, 0.05) is 18.3 Å². The lowest BCUT2D eigenvalue weighted by Crippen LogP contribution is -2.40. The molecule has 176 valence electrons. The first-order valence-electron chi connectivity index (χ1n) is 11.1. The smallest absolute Gasteiger partial charge is 0.332 e. The summed E-state index contributed by atoms with van der Waals surface area (Å²) >= 11 is 0. The monoisotopic (exact) mass is 453 g/mol. The number of rotatable bonds is 10. The molecule has 1 atom stereocenters. The van der Waals surface area contributed by atoms with Crippen LogP contribution in [0.5, 0.6) is 11.5 Å². The lowest BCUT2D eigenvalue weighted by molar-refractivity contribution is -0.124. The van der Waals surface area contributed by atoms with Gasteiger partial charge in [-0.2, -0.15) is 0 Å². The van der Waals surface area contributed by atoms with Crippen LogP contribution in [0.4, 0.5) is 16.2 Å². The number of urea groups is 1. The first-order valence-corrected chi connectivity index (χ1v) is 11.1. The molecule has 2 aromatic carbocycles. The number of anilines is 2. The highest BCUT2D eigenvalue weighted by Crippen LogP contribution is 2.30. The summed E-state index contributed by atoms with van der Waals surface area (Å²) in [6, 6.07) is 12.5. The third kappa shape index (κ3) is 5.83. The molecule has 1 fully saturated rings. The van der Waals surface area contributed by atoms with Crippen molar-refractivity contribution in [3.63, 3.8) is 0 Å². The van der Waals surface area contributed by atoms with E-state index in [0.717, 1.165) is 17.1 Å². The van der Waals surface area contributed by atoms with Crippen molar-refractivity contribution >= 4 is 29.2 Å². The van der Waals surface area contributed by atoms with Gasteiger partial charge in [-0.25, -0.2) is 9.69 Å². The van der Waals surface area contributed by atoms with Crippen molar-refractivity contribution < 1.29 is 23.9 Å². The van der Waals surface area contributed by atoms with Crippen LogP contribution in [0.2, 0.25) is 0 Å². The Kier molecular flexibility index (Phi) is 7.92. The predicted molar refractivity (Wildman–Crippen MR) is 127 cm³/mol. The Morgan fingerprint density at radius 2 is 1.82 bits per heavy atom. The number of carbonyl (C=O) groups is 3. The average Bonchev–Trinajstić information content (AvgIpc) is 3.02. The van der Waals surface area contributed by atoms with E-state index in [2.05, 4.69) is 5.32 Å². The van der Waals surface area contributed by atoms with E-state index in [-0.39, 0.29) is 18.2 Å². The van der Waals surface area contributed by atoms with Crippen molar-refractivity contribution in [2.24, 2.45) is 5.92 Å². The summed E-state index contributed by atoms with van der Waals surface area (Å²) in [5.41, 5.74) is 1.02. The summed E-state index contributed by atoms with van der Waals surface area (Å²) in [7, 11) is 1.52. The number of ether oxygens (including phenoxy) is 2. The Labute approximate surface area is 194 Å². The highest BCUT2D eigenvalue weighted by molar-refractivity contribution is 6.22. The van der Waals surface area contributed by atoms with E-state index in [4.69, 9.17) is 9.47 Å². The molecule has 0 bridgehead atoms. The fourth-order valence-corrected chi connectivity index (χ4v) is 3.66. The molecule has 2 aromatic rings. The van der Waals surface area contributed by atoms with Gasteiger partial charge in [-0.15, -0.1) is 0 Å². The molecule has 1 saturated heterocycles. The minimum atomic E-state index is -0.877. The van der Waals surface area contributed by atoms with Crippen LogP contribution in [-0.4, -0.2) is 49.0 Å². The molecule has 33 heavy (non-hydrogen) atoms. The summed E-state index contributed by atoms with van der Waals surface area (Å²) in [5, 5.41) is 2.81. The Bertz CT molecular complexity index is 990. The van der Waals surface area contributed by atoms with Crippen molar-refractivity contribution in [1.82, 2.24) is 4.90 Å². The number of hydrogen-bond donors (Lipinski definition) is 1. The van der Waals surface area contributed by atoms with Crippen molar-refractivity contribution in [3.05, 3.63) is 48.5 Å². The van der Waals surface area contributed by atoms with E-state index in [1.807, 2.05) is 20.8 Å². The normalized spacial score (nSPS) is 15.8. The molecule has 0 aliphatic carbocycles. The molecule has 3 rings (SSSR count). The second-order valence-corrected chi connectivity index (χ2v) is 8.34. The van der Waals surface area contributed by atoms with Crippen LogP contribution in [0.25, 0.3) is 0 Å². The van der Waals surface area contributed by atoms with Gasteiger partial charge in [0.2, 0.25) is 5.91 Å². The highest BCUT2D eigenvalue weighted by atomic mass is 16.5. The van der Waals surface area contributed by atoms with Gasteiger partial charge in [0.05, 0.1) is 25.8 Å². The molecule has 8 nitrogen and oxygen atoms in total. The largest absolute Gasteiger partial charge is 0.497 e. The van der Waals surface area contributed by atoms with Gasteiger partial charge in [-0.3, -0.25) is 9.59 Å². The predicted octanol–water partition coefficient (Wildman–Crippen LogP) is 4.31. The van der Waals surface area contributed by atoms with Gasteiger partial charge in [-0.1, -0.05) is 26.8 Å². The first kappa shape index (κ1) is 24.1. The van der Waals surface area contributed by atoms with E-state index < -0.39 is 18.0 Å². The number of imide groups is 1. The molecule has 0 saturated carbocycles. The Morgan fingerprint density at radius 3 is 2.45 bits per heavy atom. The number of nitrogens with one attached hydrogen (secondary N) is 1. The maximum absolute atomic E-state index is 13.3. The van der Waals surface area contributed by atoms with Gasteiger partial charge in [0.1, 0.15) is 17.5 Å². The molecule has 1 heterocycles. The van der Waals surface area contributed by atoms with E-state index in [9.17, 15) is 14.4 Å². The summed E-state index contributed by atoms with van der Waals surface area (Å²) in [5.74, 6) is 0.629.